The number of fused-ring (bicyclic) bond motifs is 1. The quantitative estimate of drug-likeness (QED) is 0.679. The van der Waals surface area contributed by atoms with E-state index in [4.69, 9.17) is 9.72 Å². The van der Waals surface area contributed by atoms with Gasteiger partial charge in [-0.2, -0.15) is 0 Å². The molecule has 4 atom stereocenters. The molecule has 5 nitrogen and oxygen atoms in total. The fourth-order valence-corrected chi connectivity index (χ4v) is 6.03. The molecule has 5 rings (SSSR count). The number of rotatable bonds is 6. The minimum Gasteiger partial charge on any atom is -0.474 e. The summed E-state index contributed by atoms with van der Waals surface area (Å²) >= 11 is 0. The SMILES string of the molecule is CC(C)(C)S(=O)NC1(c2cc(OC3[C@H]4CNC[C@@H]34)nc(-c3ccc(F)cc3)c2)CCCC1. The summed E-state index contributed by atoms with van der Waals surface area (Å²) in [6, 6.07) is 10.5. The average molecular weight is 458 g/mol. The molecule has 3 aliphatic rings. The second-order valence-electron chi connectivity index (χ2n) is 10.4. The Morgan fingerprint density at radius 3 is 2.41 bits per heavy atom. The van der Waals surface area contributed by atoms with Crippen molar-refractivity contribution in [3.8, 4) is 17.1 Å². The van der Waals surface area contributed by atoms with E-state index in [1.165, 1.54) is 12.1 Å². The molecular formula is C25H32FN3O2S. The first-order valence-corrected chi connectivity index (χ1v) is 12.8. The molecule has 2 aliphatic carbocycles. The van der Waals surface area contributed by atoms with Gasteiger partial charge in [0.2, 0.25) is 5.88 Å². The molecule has 7 heteroatoms. The smallest absolute Gasteiger partial charge is 0.214 e. The maximum Gasteiger partial charge on any atom is 0.214 e. The third kappa shape index (κ3) is 4.22. The van der Waals surface area contributed by atoms with E-state index in [0.29, 0.717) is 17.7 Å². The number of aromatic nitrogens is 1. The number of nitrogens with one attached hydrogen (secondary N) is 2. The number of piperidine rings is 1. The first-order chi connectivity index (χ1) is 15.2. The molecular weight excluding hydrogens is 425 g/mol. The maximum atomic E-state index is 13.5. The molecule has 172 valence electrons. The predicted molar refractivity (Wildman–Crippen MR) is 125 cm³/mol. The Morgan fingerprint density at radius 2 is 1.78 bits per heavy atom. The van der Waals surface area contributed by atoms with E-state index in [0.717, 1.165) is 55.6 Å². The molecule has 2 saturated carbocycles. The van der Waals surface area contributed by atoms with E-state index in [-0.39, 0.29) is 22.2 Å². The van der Waals surface area contributed by atoms with Crippen molar-refractivity contribution in [1.82, 2.24) is 15.0 Å². The lowest BCUT2D eigenvalue weighted by Crippen LogP contribution is -2.46. The zero-order valence-corrected chi connectivity index (χ0v) is 19.8. The highest BCUT2D eigenvalue weighted by molar-refractivity contribution is 7.84. The minimum absolute atomic E-state index is 0.205. The zero-order chi connectivity index (χ0) is 22.5. The van der Waals surface area contributed by atoms with Crippen LogP contribution in [0.1, 0.15) is 52.0 Å². The van der Waals surface area contributed by atoms with Crippen LogP contribution in [0.3, 0.4) is 0 Å². The van der Waals surface area contributed by atoms with Gasteiger partial charge in [0.25, 0.3) is 0 Å². The van der Waals surface area contributed by atoms with Gasteiger partial charge in [0.05, 0.1) is 27.0 Å². The minimum atomic E-state index is -1.20. The molecule has 0 amide bonds. The van der Waals surface area contributed by atoms with Gasteiger partial charge in [-0.1, -0.05) is 12.8 Å². The van der Waals surface area contributed by atoms with Crippen molar-refractivity contribution >= 4 is 11.0 Å². The second-order valence-corrected chi connectivity index (χ2v) is 12.4. The van der Waals surface area contributed by atoms with E-state index in [1.807, 2.05) is 26.8 Å². The van der Waals surface area contributed by atoms with Crippen molar-refractivity contribution in [2.75, 3.05) is 13.1 Å². The summed E-state index contributed by atoms with van der Waals surface area (Å²) in [4.78, 5) is 4.80. The molecule has 1 saturated heterocycles. The normalized spacial score (nSPS) is 27.2. The van der Waals surface area contributed by atoms with Gasteiger partial charge in [0.1, 0.15) is 11.9 Å². The van der Waals surface area contributed by atoms with E-state index in [1.54, 1.807) is 12.1 Å². The standard InChI is InChI=1S/C25H32FN3O2S/c1-24(2,3)32(30)29-25(10-4-5-11-25)17-12-21(16-6-8-18(26)9-7-16)28-22(13-17)31-23-19-14-27-15-20(19)23/h6-9,12-13,19-20,23,27,29H,4-5,10-11,14-15H2,1-3H3/t19-,20+,23?,32?. The van der Waals surface area contributed by atoms with E-state index >= 15 is 0 Å². The molecule has 3 fully saturated rings. The number of benzene rings is 1. The fraction of sp³-hybridized carbons (Fsp3) is 0.560. The van der Waals surface area contributed by atoms with Gasteiger partial charge in [-0.3, -0.25) is 0 Å². The largest absolute Gasteiger partial charge is 0.474 e. The third-order valence-electron chi connectivity index (χ3n) is 7.07. The van der Waals surface area contributed by atoms with E-state index in [9.17, 15) is 8.60 Å². The first kappa shape index (κ1) is 22.0. The predicted octanol–water partition coefficient (Wildman–Crippen LogP) is 4.31. The highest BCUT2D eigenvalue weighted by atomic mass is 32.2. The van der Waals surface area contributed by atoms with Crippen molar-refractivity contribution < 1.29 is 13.3 Å². The zero-order valence-electron chi connectivity index (χ0n) is 19.0. The molecule has 1 aliphatic heterocycles. The Morgan fingerprint density at radius 1 is 1.12 bits per heavy atom. The molecule has 0 radical (unpaired) electrons. The molecule has 0 bridgehead atoms. The van der Waals surface area contributed by atoms with Crippen LogP contribution in [-0.2, 0) is 16.5 Å². The molecule has 1 aromatic heterocycles. The molecule has 2 heterocycles. The summed E-state index contributed by atoms with van der Waals surface area (Å²) in [5, 5.41) is 3.40. The molecule has 0 spiro atoms. The summed E-state index contributed by atoms with van der Waals surface area (Å²) in [7, 11) is -1.20. The van der Waals surface area contributed by atoms with Gasteiger partial charge in [-0.25, -0.2) is 18.3 Å². The average Bonchev–Trinajstić information content (AvgIpc) is 3.14. The van der Waals surface area contributed by atoms with Gasteiger partial charge in [0, 0.05) is 36.6 Å². The van der Waals surface area contributed by atoms with Gasteiger partial charge in [-0.05, 0) is 69.5 Å². The number of hydrogen-bond acceptors (Lipinski definition) is 4. The number of pyridine rings is 1. The van der Waals surface area contributed by atoms with Crippen molar-refractivity contribution in [3.05, 3.63) is 47.8 Å². The van der Waals surface area contributed by atoms with Crippen LogP contribution < -0.4 is 14.8 Å². The lowest BCUT2D eigenvalue weighted by Gasteiger charge is -2.34. The maximum absolute atomic E-state index is 13.5. The van der Waals surface area contributed by atoms with Crippen LogP contribution in [0, 0.1) is 17.7 Å². The summed E-state index contributed by atoms with van der Waals surface area (Å²) in [6.45, 7) is 7.96. The first-order valence-electron chi connectivity index (χ1n) is 11.6. The van der Waals surface area contributed by atoms with Gasteiger partial charge < -0.3 is 10.1 Å². The van der Waals surface area contributed by atoms with E-state index < -0.39 is 11.0 Å². The summed E-state index contributed by atoms with van der Waals surface area (Å²) < 4.78 is 36.1. The van der Waals surface area contributed by atoms with Gasteiger partial charge in [0.15, 0.2) is 0 Å². The lowest BCUT2D eigenvalue weighted by molar-refractivity contribution is 0.251. The second kappa shape index (κ2) is 8.19. The van der Waals surface area contributed by atoms with Crippen LogP contribution in [0.4, 0.5) is 4.39 Å². The third-order valence-corrected chi connectivity index (χ3v) is 8.75. The number of ether oxygens (including phenoxy) is 1. The number of nitrogens with zero attached hydrogens (tertiary/aromatic N) is 1. The molecule has 2 N–H and O–H groups in total. The Hall–Kier alpha value is -1.83. The summed E-state index contributed by atoms with van der Waals surface area (Å²) in [5.41, 5.74) is 2.28. The Labute approximate surface area is 192 Å². The highest BCUT2D eigenvalue weighted by Crippen LogP contribution is 2.46. The fourth-order valence-electron chi connectivity index (χ4n) is 5.04. The topological polar surface area (TPSA) is 63.2 Å². The molecule has 2 aromatic rings. The summed E-state index contributed by atoms with van der Waals surface area (Å²) in [6.07, 6.45) is 4.20. The van der Waals surface area contributed by atoms with E-state index in [2.05, 4.69) is 16.1 Å². The Kier molecular flexibility index (Phi) is 5.63. The van der Waals surface area contributed by atoms with Crippen LogP contribution in [0.2, 0.25) is 0 Å². The van der Waals surface area contributed by atoms with Crippen LogP contribution in [-0.4, -0.2) is 33.1 Å². The Bertz CT molecular complexity index is 1000. The molecule has 2 unspecified atom stereocenters. The highest BCUT2D eigenvalue weighted by Gasteiger charge is 2.55. The van der Waals surface area contributed by atoms with Crippen molar-refractivity contribution in [2.45, 2.75) is 62.8 Å². The van der Waals surface area contributed by atoms with Gasteiger partial charge >= 0.3 is 0 Å². The number of halogens is 1. The van der Waals surface area contributed by atoms with Crippen LogP contribution >= 0.6 is 0 Å². The van der Waals surface area contributed by atoms with Crippen molar-refractivity contribution in [1.29, 1.82) is 0 Å². The molecule has 1 aromatic carbocycles. The lowest BCUT2D eigenvalue weighted by atomic mass is 9.89. The van der Waals surface area contributed by atoms with Crippen molar-refractivity contribution in [2.24, 2.45) is 11.8 Å². The molecule has 32 heavy (non-hydrogen) atoms. The van der Waals surface area contributed by atoms with Crippen LogP contribution in [0.15, 0.2) is 36.4 Å². The van der Waals surface area contributed by atoms with Crippen LogP contribution in [0.5, 0.6) is 5.88 Å². The van der Waals surface area contributed by atoms with Crippen LogP contribution in [0.25, 0.3) is 11.3 Å². The number of hydrogen-bond donors (Lipinski definition) is 2. The van der Waals surface area contributed by atoms with Crippen molar-refractivity contribution in [3.63, 3.8) is 0 Å². The summed E-state index contributed by atoms with van der Waals surface area (Å²) in [5.74, 6) is 1.45. The van der Waals surface area contributed by atoms with Gasteiger partial charge in [-0.15, -0.1) is 0 Å². The monoisotopic (exact) mass is 457 g/mol. The Balaban J connectivity index is 1.53.